The van der Waals surface area contributed by atoms with Crippen molar-refractivity contribution in [1.82, 2.24) is 5.32 Å². The van der Waals surface area contributed by atoms with Crippen LogP contribution >= 0.6 is 0 Å². The van der Waals surface area contributed by atoms with Crippen LogP contribution in [-0.2, 0) is 0 Å². The Morgan fingerprint density at radius 3 is 1.29 bits per heavy atom. The second-order valence-corrected chi connectivity index (χ2v) is 3.51. The molecule has 87 valence electrons. The fourth-order valence-electron chi connectivity index (χ4n) is 1.46. The minimum absolute atomic E-state index is 0.832. The summed E-state index contributed by atoms with van der Waals surface area (Å²) in [5, 5.41) is 4.48. The van der Waals surface area contributed by atoms with Gasteiger partial charge in [0, 0.05) is 0 Å². The molecular formula is C14H14NO2. The van der Waals surface area contributed by atoms with E-state index >= 15 is 0 Å². The topological polar surface area (TPSA) is 32.6 Å². The van der Waals surface area contributed by atoms with Gasteiger partial charge in [-0.3, -0.25) is 0 Å². The third kappa shape index (κ3) is 2.91. The third-order valence-electron chi connectivity index (χ3n) is 2.40. The third-order valence-corrected chi connectivity index (χ3v) is 2.40. The summed E-state index contributed by atoms with van der Waals surface area (Å²) in [5.41, 5.74) is 1.80. The van der Waals surface area contributed by atoms with E-state index in [-0.39, 0.29) is 0 Å². The Morgan fingerprint density at radius 1 is 0.647 bits per heavy atom. The molecule has 0 spiro atoms. The molecule has 1 radical (unpaired) electrons. The quantitative estimate of drug-likeness (QED) is 0.804. The van der Waals surface area contributed by atoms with Crippen molar-refractivity contribution in [2.45, 2.75) is 0 Å². The smallest absolute Gasteiger partial charge is 0.119 e. The number of rotatable bonds is 4. The van der Waals surface area contributed by atoms with Gasteiger partial charge in [-0.05, 0) is 48.5 Å². The highest BCUT2D eigenvalue weighted by Gasteiger charge is 1.98. The Bertz CT molecular complexity index is 417. The summed E-state index contributed by atoms with van der Waals surface area (Å²) in [7, 11) is 3.30. The van der Waals surface area contributed by atoms with Crippen molar-refractivity contribution in [3.8, 4) is 11.5 Å². The van der Waals surface area contributed by atoms with Crippen molar-refractivity contribution >= 4 is 11.4 Å². The number of ether oxygens (including phenoxy) is 2. The van der Waals surface area contributed by atoms with Gasteiger partial charge in [0.2, 0.25) is 0 Å². The van der Waals surface area contributed by atoms with Crippen LogP contribution in [0, 0.1) is 0 Å². The molecule has 0 amide bonds. The number of hydrogen-bond acceptors (Lipinski definition) is 2. The van der Waals surface area contributed by atoms with Crippen LogP contribution in [0.5, 0.6) is 11.5 Å². The second-order valence-electron chi connectivity index (χ2n) is 3.51. The molecule has 0 aromatic heterocycles. The fraction of sp³-hybridized carbons (Fsp3) is 0.143. The monoisotopic (exact) mass is 228 g/mol. The minimum atomic E-state index is 0.832. The molecule has 17 heavy (non-hydrogen) atoms. The maximum atomic E-state index is 5.09. The van der Waals surface area contributed by atoms with E-state index < -0.39 is 0 Å². The predicted molar refractivity (Wildman–Crippen MR) is 67.4 cm³/mol. The summed E-state index contributed by atoms with van der Waals surface area (Å²) in [6.07, 6.45) is 0. The first-order chi connectivity index (χ1) is 8.31. The summed E-state index contributed by atoms with van der Waals surface area (Å²) in [6, 6.07) is 15.2. The molecule has 2 rings (SSSR count). The standard InChI is InChI=1S/C14H14NO2/c1-16-13-7-3-11(4-8-13)15-12-5-9-14(17-2)10-6-12/h3-10H,1-2H3. The van der Waals surface area contributed by atoms with Gasteiger partial charge in [-0.15, -0.1) is 0 Å². The lowest BCUT2D eigenvalue weighted by atomic mass is 10.2. The van der Waals surface area contributed by atoms with Crippen molar-refractivity contribution in [1.29, 1.82) is 0 Å². The van der Waals surface area contributed by atoms with Crippen LogP contribution in [0.3, 0.4) is 0 Å². The van der Waals surface area contributed by atoms with Gasteiger partial charge in [0.05, 0.1) is 25.6 Å². The van der Waals surface area contributed by atoms with Gasteiger partial charge in [-0.2, -0.15) is 0 Å². The zero-order valence-electron chi connectivity index (χ0n) is 9.88. The van der Waals surface area contributed by atoms with Gasteiger partial charge in [-0.1, -0.05) is 0 Å². The van der Waals surface area contributed by atoms with E-state index in [4.69, 9.17) is 9.47 Å². The van der Waals surface area contributed by atoms with Gasteiger partial charge in [0.1, 0.15) is 11.5 Å². The second kappa shape index (κ2) is 5.25. The Balaban J connectivity index is 2.08. The molecule has 0 aliphatic carbocycles. The van der Waals surface area contributed by atoms with E-state index in [0.717, 1.165) is 22.9 Å². The van der Waals surface area contributed by atoms with Crippen LogP contribution in [0.15, 0.2) is 48.5 Å². The van der Waals surface area contributed by atoms with Crippen LogP contribution in [0.2, 0.25) is 0 Å². The molecule has 3 heteroatoms. The average Bonchev–Trinajstić information content (AvgIpc) is 2.40. The summed E-state index contributed by atoms with van der Waals surface area (Å²) in [5.74, 6) is 1.66. The van der Waals surface area contributed by atoms with Gasteiger partial charge >= 0.3 is 0 Å². The molecule has 0 atom stereocenters. The predicted octanol–water partition coefficient (Wildman–Crippen LogP) is 3.27. The zero-order valence-corrected chi connectivity index (χ0v) is 9.88. The highest BCUT2D eigenvalue weighted by Crippen LogP contribution is 2.22. The molecule has 0 saturated heterocycles. The fourth-order valence-corrected chi connectivity index (χ4v) is 1.46. The number of nitrogens with zero attached hydrogens (tertiary/aromatic N) is 1. The van der Waals surface area contributed by atoms with E-state index in [0.29, 0.717) is 0 Å². The minimum Gasteiger partial charge on any atom is -0.497 e. The number of hydrogen-bond donors (Lipinski definition) is 0. The van der Waals surface area contributed by atoms with Crippen LogP contribution in [0.1, 0.15) is 0 Å². The van der Waals surface area contributed by atoms with E-state index in [1.807, 2.05) is 48.5 Å². The molecule has 0 unspecified atom stereocenters. The molecule has 0 aliphatic heterocycles. The molecule has 0 saturated carbocycles. The maximum absolute atomic E-state index is 5.09. The Hall–Kier alpha value is -2.16. The summed E-state index contributed by atoms with van der Waals surface area (Å²) < 4.78 is 10.2. The number of benzene rings is 2. The van der Waals surface area contributed by atoms with Gasteiger partial charge in [-0.25, -0.2) is 5.32 Å². The van der Waals surface area contributed by atoms with Gasteiger partial charge < -0.3 is 9.47 Å². The summed E-state index contributed by atoms with van der Waals surface area (Å²) >= 11 is 0. The van der Waals surface area contributed by atoms with Crippen LogP contribution in [-0.4, -0.2) is 14.2 Å². The van der Waals surface area contributed by atoms with E-state index in [1.165, 1.54) is 0 Å². The van der Waals surface area contributed by atoms with Crippen molar-refractivity contribution < 1.29 is 9.47 Å². The summed E-state index contributed by atoms with van der Waals surface area (Å²) in [4.78, 5) is 0. The lowest BCUT2D eigenvalue weighted by Gasteiger charge is -2.05. The van der Waals surface area contributed by atoms with Gasteiger partial charge in [0.15, 0.2) is 0 Å². The molecule has 0 aliphatic rings. The molecule has 0 fully saturated rings. The molecule has 0 N–H and O–H groups in total. The van der Waals surface area contributed by atoms with Crippen molar-refractivity contribution in [3.63, 3.8) is 0 Å². The Kier molecular flexibility index (Phi) is 3.50. The van der Waals surface area contributed by atoms with Crippen molar-refractivity contribution in [2.24, 2.45) is 0 Å². The molecule has 0 bridgehead atoms. The van der Waals surface area contributed by atoms with Crippen LogP contribution < -0.4 is 14.8 Å². The van der Waals surface area contributed by atoms with Crippen LogP contribution in [0.4, 0.5) is 11.4 Å². The number of methoxy groups -OCH3 is 2. The molecule has 3 nitrogen and oxygen atoms in total. The largest absolute Gasteiger partial charge is 0.497 e. The van der Waals surface area contributed by atoms with Gasteiger partial charge in [0.25, 0.3) is 0 Å². The zero-order chi connectivity index (χ0) is 12.1. The first-order valence-electron chi connectivity index (χ1n) is 5.31. The van der Waals surface area contributed by atoms with E-state index in [2.05, 4.69) is 5.32 Å². The Morgan fingerprint density at radius 2 is 1.00 bits per heavy atom. The van der Waals surface area contributed by atoms with Crippen molar-refractivity contribution in [3.05, 3.63) is 48.5 Å². The lowest BCUT2D eigenvalue weighted by Crippen LogP contribution is -1.89. The highest BCUT2D eigenvalue weighted by atomic mass is 16.5. The normalized spacial score (nSPS) is 9.76. The van der Waals surface area contributed by atoms with E-state index in [1.54, 1.807) is 14.2 Å². The molecule has 0 heterocycles. The lowest BCUT2D eigenvalue weighted by molar-refractivity contribution is 0.415. The SMILES string of the molecule is COc1ccc([N]c2ccc(OC)cc2)cc1. The average molecular weight is 228 g/mol. The first kappa shape index (κ1) is 11.3. The highest BCUT2D eigenvalue weighted by molar-refractivity contribution is 5.51. The van der Waals surface area contributed by atoms with Crippen LogP contribution in [0.25, 0.3) is 0 Å². The maximum Gasteiger partial charge on any atom is 0.119 e. The van der Waals surface area contributed by atoms with Crippen molar-refractivity contribution in [2.75, 3.05) is 14.2 Å². The molecular weight excluding hydrogens is 214 g/mol. The Labute approximate surface area is 101 Å². The molecule has 2 aromatic carbocycles. The molecule has 2 aromatic rings. The summed E-state index contributed by atoms with van der Waals surface area (Å²) in [6.45, 7) is 0. The first-order valence-corrected chi connectivity index (χ1v) is 5.31. The van der Waals surface area contributed by atoms with E-state index in [9.17, 15) is 0 Å².